The van der Waals surface area contributed by atoms with E-state index in [1.807, 2.05) is 0 Å². The van der Waals surface area contributed by atoms with Crippen molar-refractivity contribution in [2.75, 3.05) is 12.4 Å². The van der Waals surface area contributed by atoms with Crippen molar-refractivity contribution >= 4 is 58.4 Å². The highest BCUT2D eigenvalue weighted by Crippen LogP contribution is 2.39. The number of esters is 1. The number of fused-ring (bicyclic) bond motifs is 1. The topological polar surface area (TPSA) is 72.6 Å². The molecule has 3 atom stereocenters. The van der Waals surface area contributed by atoms with E-state index >= 15 is 0 Å². The van der Waals surface area contributed by atoms with Crippen LogP contribution in [0, 0.1) is 0 Å². The van der Waals surface area contributed by atoms with Crippen LogP contribution < -0.4 is 5.73 Å². The van der Waals surface area contributed by atoms with Crippen molar-refractivity contribution in [3.05, 3.63) is 12.2 Å². The Balaban J connectivity index is 2.06. The van der Waals surface area contributed by atoms with Crippen molar-refractivity contribution in [2.24, 2.45) is 5.73 Å². The van der Waals surface area contributed by atoms with Crippen molar-refractivity contribution in [3.63, 3.8) is 0 Å². The van der Waals surface area contributed by atoms with Crippen LogP contribution in [0.5, 0.6) is 0 Å². The minimum atomic E-state index is -1.69. The number of alkyl halides is 3. The molecule has 2 N–H and O–H groups in total. The molecule has 19 heavy (non-hydrogen) atoms. The average molecular weight is 346 g/mol. The predicted octanol–water partition coefficient (Wildman–Crippen LogP) is 1.07. The number of ether oxygens (including phenoxy) is 1. The van der Waals surface area contributed by atoms with Crippen LogP contribution in [0.25, 0.3) is 0 Å². The molecule has 0 spiro atoms. The predicted molar refractivity (Wildman–Crippen MR) is 75.2 cm³/mol. The zero-order valence-corrected chi connectivity index (χ0v) is 12.7. The van der Waals surface area contributed by atoms with Gasteiger partial charge in [0.05, 0.1) is 0 Å². The maximum atomic E-state index is 12.0. The molecule has 1 amide bonds. The summed E-state index contributed by atoms with van der Waals surface area (Å²) in [5, 5.41) is -0.219. The number of nitrogens with two attached hydrogens (primary N) is 1. The Morgan fingerprint density at radius 2 is 2.21 bits per heavy atom. The first-order valence-corrected chi connectivity index (χ1v) is 7.51. The largest absolute Gasteiger partial charge is 0.459 e. The van der Waals surface area contributed by atoms with Gasteiger partial charge in [-0.1, -0.05) is 41.4 Å². The number of rotatable bonds is 2. The summed E-state index contributed by atoms with van der Waals surface area (Å²) in [5.74, 6) is -0.411. The van der Waals surface area contributed by atoms with E-state index in [4.69, 9.17) is 45.3 Å². The molecular formula is C10H11Cl3N2O3S. The summed E-state index contributed by atoms with van der Waals surface area (Å²) < 4.78 is 3.23. The van der Waals surface area contributed by atoms with Gasteiger partial charge in [-0.3, -0.25) is 4.79 Å². The van der Waals surface area contributed by atoms with Crippen molar-refractivity contribution in [1.29, 1.82) is 0 Å². The quantitative estimate of drug-likeness (QED) is 0.351. The molecule has 9 heteroatoms. The SMILES string of the molecule is C=C1CS[C@H]2C(N)C(=O)N2C1C(=O)OCC(Cl)(Cl)Cl. The van der Waals surface area contributed by atoms with Gasteiger partial charge in [-0.15, -0.1) is 11.8 Å². The first-order chi connectivity index (χ1) is 8.72. The van der Waals surface area contributed by atoms with Crippen LogP contribution in [0.3, 0.4) is 0 Å². The molecule has 2 heterocycles. The molecule has 5 nitrogen and oxygen atoms in total. The maximum Gasteiger partial charge on any atom is 0.333 e. The Kier molecular flexibility index (Phi) is 4.28. The van der Waals surface area contributed by atoms with Gasteiger partial charge in [0.25, 0.3) is 0 Å². The Bertz CT molecular complexity index is 440. The molecule has 2 rings (SSSR count). The van der Waals surface area contributed by atoms with Gasteiger partial charge in [-0.05, 0) is 5.57 Å². The van der Waals surface area contributed by atoms with Gasteiger partial charge in [0.15, 0.2) is 6.04 Å². The number of hydrogen-bond donors (Lipinski definition) is 1. The number of amides is 1. The number of carbonyl (C=O) groups is 2. The van der Waals surface area contributed by atoms with Gasteiger partial charge in [-0.2, -0.15) is 0 Å². The second-order valence-electron chi connectivity index (χ2n) is 4.26. The van der Waals surface area contributed by atoms with Gasteiger partial charge in [0.1, 0.15) is 18.0 Å². The fourth-order valence-electron chi connectivity index (χ4n) is 1.95. The molecule has 0 aromatic carbocycles. The molecule has 2 unspecified atom stereocenters. The number of halogens is 3. The van der Waals surface area contributed by atoms with Gasteiger partial charge in [-0.25, -0.2) is 4.79 Å². The number of nitrogens with zero attached hydrogens (tertiary/aromatic N) is 1. The summed E-state index contributed by atoms with van der Waals surface area (Å²) in [4.78, 5) is 25.1. The van der Waals surface area contributed by atoms with E-state index in [9.17, 15) is 9.59 Å². The van der Waals surface area contributed by atoms with E-state index in [-0.39, 0.29) is 17.9 Å². The second-order valence-corrected chi connectivity index (χ2v) is 7.88. The third kappa shape index (κ3) is 2.97. The number of β-lactam (4-membered cyclic amide) rings is 1. The molecule has 2 aliphatic heterocycles. The normalized spacial score (nSPS) is 30.7. The first kappa shape index (κ1) is 15.3. The van der Waals surface area contributed by atoms with Crippen LogP contribution in [0.4, 0.5) is 0 Å². The van der Waals surface area contributed by atoms with E-state index in [0.29, 0.717) is 11.3 Å². The van der Waals surface area contributed by atoms with E-state index in [2.05, 4.69) is 6.58 Å². The summed E-state index contributed by atoms with van der Waals surface area (Å²) in [5.41, 5.74) is 6.25. The lowest BCUT2D eigenvalue weighted by Crippen LogP contribution is -2.73. The van der Waals surface area contributed by atoms with Gasteiger partial charge in [0, 0.05) is 5.75 Å². The van der Waals surface area contributed by atoms with E-state index in [0.717, 1.165) is 0 Å². The van der Waals surface area contributed by atoms with Crippen molar-refractivity contribution in [2.45, 2.75) is 21.3 Å². The summed E-state index contributed by atoms with van der Waals surface area (Å²) in [7, 11) is 0. The maximum absolute atomic E-state index is 12.0. The highest BCUT2D eigenvalue weighted by atomic mass is 35.6. The minimum absolute atomic E-state index is 0.219. The van der Waals surface area contributed by atoms with E-state index in [1.54, 1.807) is 0 Å². The van der Waals surface area contributed by atoms with E-state index < -0.39 is 21.8 Å². The Labute approximate surface area is 129 Å². The van der Waals surface area contributed by atoms with Crippen LogP contribution in [-0.4, -0.2) is 50.4 Å². The number of hydrogen-bond acceptors (Lipinski definition) is 5. The Hall–Kier alpha value is -0.140. The standard InChI is InChI=1S/C10H11Cl3N2O3S/c1-4-2-19-8-5(14)7(16)15(8)6(4)9(17)18-3-10(11,12)13/h5-6,8H,1-3,14H2/t5?,6?,8-/m0/s1. The van der Waals surface area contributed by atoms with E-state index in [1.165, 1.54) is 16.7 Å². The highest BCUT2D eigenvalue weighted by molar-refractivity contribution is 8.00. The molecule has 0 aliphatic carbocycles. The molecule has 0 aromatic rings. The fourth-order valence-corrected chi connectivity index (χ4v) is 3.37. The molecule has 0 bridgehead atoms. The molecular weight excluding hydrogens is 335 g/mol. The van der Waals surface area contributed by atoms with Crippen LogP contribution in [0.15, 0.2) is 12.2 Å². The molecule has 0 radical (unpaired) electrons. The average Bonchev–Trinajstić information content (AvgIpc) is 2.33. The molecule has 2 saturated heterocycles. The smallest absolute Gasteiger partial charge is 0.333 e. The zero-order chi connectivity index (χ0) is 14.4. The van der Waals surface area contributed by atoms with Crippen LogP contribution >= 0.6 is 46.6 Å². The van der Waals surface area contributed by atoms with Gasteiger partial charge in [0.2, 0.25) is 9.70 Å². The lowest BCUT2D eigenvalue weighted by atomic mass is 9.99. The monoisotopic (exact) mass is 344 g/mol. The molecule has 0 saturated carbocycles. The molecule has 0 aromatic heterocycles. The van der Waals surface area contributed by atoms with Crippen molar-refractivity contribution in [1.82, 2.24) is 4.90 Å². The van der Waals surface area contributed by atoms with Gasteiger partial charge < -0.3 is 15.4 Å². The zero-order valence-electron chi connectivity index (χ0n) is 9.64. The summed E-state index contributed by atoms with van der Waals surface area (Å²) in [6.45, 7) is 3.40. The molecule has 106 valence electrons. The lowest BCUT2D eigenvalue weighted by molar-refractivity contribution is -0.161. The van der Waals surface area contributed by atoms with Crippen molar-refractivity contribution < 1.29 is 14.3 Å². The first-order valence-electron chi connectivity index (χ1n) is 5.33. The third-order valence-corrected chi connectivity index (χ3v) is 4.55. The van der Waals surface area contributed by atoms with Crippen molar-refractivity contribution in [3.8, 4) is 0 Å². The molecule has 2 aliphatic rings. The van der Waals surface area contributed by atoms with Crippen LogP contribution in [0.1, 0.15) is 0 Å². The van der Waals surface area contributed by atoms with Gasteiger partial charge >= 0.3 is 5.97 Å². The third-order valence-electron chi connectivity index (χ3n) is 2.83. The van der Waals surface area contributed by atoms with Crippen LogP contribution in [0.2, 0.25) is 0 Å². The second kappa shape index (κ2) is 5.33. The summed E-state index contributed by atoms with van der Waals surface area (Å²) in [6, 6.07) is -1.42. The fraction of sp³-hybridized carbons (Fsp3) is 0.600. The highest BCUT2D eigenvalue weighted by Gasteiger charge is 2.54. The van der Waals surface area contributed by atoms with Crippen LogP contribution in [-0.2, 0) is 14.3 Å². The summed E-state index contributed by atoms with van der Waals surface area (Å²) in [6.07, 6.45) is 0. The molecule has 2 fully saturated rings. The Morgan fingerprint density at radius 1 is 1.58 bits per heavy atom. The summed E-state index contributed by atoms with van der Waals surface area (Å²) >= 11 is 18.0. The lowest BCUT2D eigenvalue weighted by Gasteiger charge is -2.51. The Morgan fingerprint density at radius 3 is 2.79 bits per heavy atom. The number of thioether (sulfide) groups is 1. The minimum Gasteiger partial charge on any atom is -0.459 e. The number of carbonyl (C=O) groups excluding carboxylic acids is 2.